The highest BCUT2D eigenvalue weighted by molar-refractivity contribution is 7.91. The minimum Gasteiger partial charge on any atom is -0.336 e. The van der Waals surface area contributed by atoms with E-state index in [0.29, 0.717) is 17.0 Å². The van der Waals surface area contributed by atoms with Gasteiger partial charge in [0.2, 0.25) is 10.0 Å². The summed E-state index contributed by atoms with van der Waals surface area (Å²) in [6.07, 6.45) is 2.34. The first kappa shape index (κ1) is 15.5. The smallest absolute Gasteiger partial charge is 0.255 e. The molecule has 1 aliphatic carbocycles. The summed E-state index contributed by atoms with van der Waals surface area (Å²) in [7, 11) is -3.76. The molecule has 0 unspecified atom stereocenters. The maximum atomic E-state index is 12.6. The SMILES string of the molecule is Cc1c(C(=O)N(CC2CC2)C(C)C)csc1S(N)(=O)=O. The highest BCUT2D eigenvalue weighted by Crippen LogP contribution is 2.32. The molecule has 1 aromatic rings. The molecule has 0 spiro atoms. The Kier molecular flexibility index (Phi) is 4.22. The van der Waals surface area contributed by atoms with E-state index < -0.39 is 10.0 Å². The van der Waals surface area contributed by atoms with Gasteiger partial charge < -0.3 is 4.90 Å². The van der Waals surface area contributed by atoms with E-state index in [9.17, 15) is 13.2 Å². The number of sulfonamides is 1. The van der Waals surface area contributed by atoms with Crippen LogP contribution < -0.4 is 5.14 Å². The number of hydrogen-bond donors (Lipinski definition) is 1. The Bertz CT molecular complexity index is 616. The lowest BCUT2D eigenvalue weighted by Gasteiger charge is -2.26. The summed E-state index contributed by atoms with van der Waals surface area (Å²) in [6.45, 7) is 6.33. The third-order valence-electron chi connectivity index (χ3n) is 3.52. The van der Waals surface area contributed by atoms with Crippen LogP contribution in [0.1, 0.15) is 42.6 Å². The van der Waals surface area contributed by atoms with E-state index in [1.54, 1.807) is 12.3 Å². The van der Waals surface area contributed by atoms with Crippen molar-refractivity contribution < 1.29 is 13.2 Å². The molecule has 7 heteroatoms. The second-order valence-corrected chi connectivity index (χ2v) is 8.24. The molecule has 0 radical (unpaired) electrons. The van der Waals surface area contributed by atoms with Crippen LogP contribution in [-0.2, 0) is 10.0 Å². The topological polar surface area (TPSA) is 80.5 Å². The maximum absolute atomic E-state index is 12.6. The van der Waals surface area contributed by atoms with Gasteiger partial charge in [-0.3, -0.25) is 4.79 Å². The Labute approximate surface area is 123 Å². The zero-order valence-electron chi connectivity index (χ0n) is 11.9. The van der Waals surface area contributed by atoms with Crippen LogP contribution in [-0.4, -0.2) is 31.8 Å². The molecule has 2 N–H and O–H groups in total. The number of nitrogens with zero attached hydrogens (tertiary/aromatic N) is 1. The fraction of sp³-hybridized carbons (Fsp3) is 0.615. The molecule has 0 bridgehead atoms. The standard InChI is InChI=1S/C13H20N2O3S2/c1-8(2)15(6-10-4-5-10)12(16)11-7-19-13(9(11)3)20(14,17)18/h7-8,10H,4-6H2,1-3H3,(H2,14,17,18). The normalized spacial score (nSPS) is 15.7. The van der Waals surface area contributed by atoms with Gasteiger partial charge in [0, 0.05) is 18.0 Å². The van der Waals surface area contributed by atoms with Crippen LogP contribution in [0.2, 0.25) is 0 Å². The van der Waals surface area contributed by atoms with E-state index in [4.69, 9.17) is 5.14 Å². The van der Waals surface area contributed by atoms with Gasteiger partial charge in [0.1, 0.15) is 4.21 Å². The minimum absolute atomic E-state index is 0.0796. The van der Waals surface area contributed by atoms with E-state index >= 15 is 0 Å². The molecule has 2 rings (SSSR count). The molecule has 1 amide bonds. The van der Waals surface area contributed by atoms with Gasteiger partial charge in [0.15, 0.2) is 0 Å². The predicted molar refractivity (Wildman–Crippen MR) is 79.3 cm³/mol. The van der Waals surface area contributed by atoms with Crippen molar-refractivity contribution in [3.05, 3.63) is 16.5 Å². The highest BCUT2D eigenvalue weighted by Gasteiger charge is 2.30. The van der Waals surface area contributed by atoms with Gasteiger partial charge >= 0.3 is 0 Å². The Hall–Kier alpha value is -0.920. The zero-order chi connectivity index (χ0) is 15.1. The molecule has 112 valence electrons. The van der Waals surface area contributed by atoms with Crippen molar-refractivity contribution in [2.75, 3.05) is 6.54 Å². The van der Waals surface area contributed by atoms with Crippen molar-refractivity contribution >= 4 is 27.3 Å². The maximum Gasteiger partial charge on any atom is 0.255 e. The number of thiophene rings is 1. The van der Waals surface area contributed by atoms with E-state index in [-0.39, 0.29) is 16.2 Å². The van der Waals surface area contributed by atoms with Crippen molar-refractivity contribution in [1.29, 1.82) is 0 Å². The Morgan fingerprint density at radius 1 is 1.50 bits per heavy atom. The summed E-state index contributed by atoms with van der Waals surface area (Å²) in [5.74, 6) is 0.494. The number of amides is 1. The molecule has 0 atom stereocenters. The molecule has 1 aromatic heterocycles. The van der Waals surface area contributed by atoms with Gasteiger partial charge in [-0.05, 0) is 45.1 Å². The first-order valence-electron chi connectivity index (χ1n) is 6.63. The van der Waals surface area contributed by atoms with Gasteiger partial charge in [-0.15, -0.1) is 11.3 Å². The molecule has 1 heterocycles. The Morgan fingerprint density at radius 3 is 2.50 bits per heavy atom. The molecular formula is C13H20N2O3S2. The molecule has 1 aliphatic rings. The molecule has 1 saturated carbocycles. The van der Waals surface area contributed by atoms with E-state index in [0.717, 1.165) is 17.9 Å². The second kappa shape index (κ2) is 5.46. The summed E-state index contributed by atoms with van der Waals surface area (Å²) in [4.78, 5) is 14.4. The lowest BCUT2D eigenvalue weighted by molar-refractivity contribution is 0.0696. The van der Waals surface area contributed by atoms with E-state index in [2.05, 4.69) is 0 Å². The van der Waals surface area contributed by atoms with E-state index in [1.807, 2.05) is 18.7 Å². The average molecular weight is 316 g/mol. The largest absolute Gasteiger partial charge is 0.336 e. The number of carbonyl (C=O) groups excluding carboxylic acids is 1. The minimum atomic E-state index is -3.76. The summed E-state index contributed by atoms with van der Waals surface area (Å²) in [5.41, 5.74) is 0.914. The van der Waals surface area contributed by atoms with Crippen LogP contribution in [0.25, 0.3) is 0 Å². The predicted octanol–water partition coefficient (Wildman–Crippen LogP) is 1.96. The molecule has 20 heavy (non-hydrogen) atoms. The van der Waals surface area contributed by atoms with Crippen molar-refractivity contribution in [2.45, 2.75) is 43.9 Å². The monoisotopic (exact) mass is 316 g/mol. The fourth-order valence-electron chi connectivity index (χ4n) is 2.15. The summed E-state index contributed by atoms with van der Waals surface area (Å²) < 4.78 is 23.0. The molecule has 0 saturated heterocycles. The third kappa shape index (κ3) is 3.21. The summed E-state index contributed by atoms with van der Waals surface area (Å²) in [5, 5.41) is 6.75. The van der Waals surface area contributed by atoms with Gasteiger partial charge in [-0.25, -0.2) is 13.6 Å². The lowest BCUT2D eigenvalue weighted by Crippen LogP contribution is -2.38. The van der Waals surface area contributed by atoms with Crippen molar-refractivity contribution in [1.82, 2.24) is 4.90 Å². The molecule has 0 aromatic carbocycles. The van der Waals surface area contributed by atoms with Crippen LogP contribution in [0.4, 0.5) is 0 Å². The fourth-order valence-corrected chi connectivity index (χ4v) is 4.16. The van der Waals surface area contributed by atoms with Gasteiger partial charge in [-0.2, -0.15) is 0 Å². The van der Waals surface area contributed by atoms with E-state index in [1.165, 1.54) is 12.8 Å². The third-order valence-corrected chi connectivity index (χ3v) is 6.20. The van der Waals surface area contributed by atoms with Gasteiger partial charge in [0.25, 0.3) is 5.91 Å². The van der Waals surface area contributed by atoms with Crippen molar-refractivity contribution in [3.8, 4) is 0 Å². The quantitative estimate of drug-likeness (QED) is 0.901. The lowest BCUT2D eigenvalue weighted by atomic mass is 10.1. The first-order valence-corrected chi connectivity index (χ1v) is 9.06. The second-order valence-electron chi connectivity index (χ2n) is 5.60. The molecular weight excluding hydrogens is 296 g/mol. The number of primary sulfonamides is 1. The number of nitrogens with two attached hydrogens (primary N) is 1. The van der Waals surface area contributed by atoms with Gasteiger partial charge in [-0.1, -0.05) is 0 Å². The van der Waals surface area contributed by atoms with Crippen LogP contribution in [0.5, 0.6) is 0 Å². The van der Waals surface area contributed by atoms with Crippen LogP contribution >= 0.6 is 11.3 Å². The summed E-state index contributed by atoms with van der Waals surface area (Å²) in [6, 6.07) is 0.0975. The summed E-state index contributed by atoms with van der Waals surface area (Å²) >= 11 is 1.01. The molecule has 1 fully saturated rings. The van der Waals surface area contributed by atoms with Crippen LogP contribution in [0, 0.1) is 12.8 Å². The zero-order valence-corrected chi connectivity index (χ0v) is 13.6. The highest BCUT2D eigenvalue weighted by atomic mass is 32.2. The van der Waals surface area contributed by atoms with Gasteiger partial charge in [0.05, 0.1) is 5.56 Å². The van der Waals surface area contributed by atoms with Crippen molar-refractivity contribution in [3.63, 3.8) is 0 Å². The Morgan fingerprint density at radius 2 is 2.10 bits per heavy atom. The first-order chi connectivity index (χ1) is 9.21. The Balaban J connectivity index is 2.29. The average Bonchev–Trinajstić information content (AvgIpc) is 3.05. The number of carbonyl (C=O) groups is 1. The number of hydrogen-bond acceptors (Lipinski definition) is 4. The van der Waals surface area contributed by atoms with Crippen molar-refractivity contribution in [2.24, 2.45) is 11.1 Å². The van der Waals surface area contributed by atoms with Crippen LogP contribution in [0.3, 0.4) is 0 Å². The molecule has 0 aliphatic heterocycles. The number of rotatable bonds is 5. The van der Waals surface area contributed by atoms with Crippen LogP contribution in [0.15, 0.2) is 9.59 Å². The molecule has 5 nitrogen and oxygen atoms in total.